The lowest BCUT2D eigenvalue weighted by Gasteiger charge is -2.15. The summed E-state index contributed by atoms with van der Waals surface area (Å²) in [7, 11) is 2.80. The van der Waals surface area contributed by atoms with Gasteiger partial charge in [-0.3, -0.25) is 4.79 Å². The Morgan fingerprint density at radius 3 is 2.31 bits per heavy atom. The third kappa shape index (κ3) is 2.32. The fraction of sp³-hybridized carbons (Fsp3) is 0.417. The molecule has 0 unspecified atom stereocenters. The number of carbonyl (C=O) groups is 1. The second-order valence-corrected chi connectivity index (χ2v) is 3.60. The standard InChI is InChI=1S/C12H15FO3/c1-7-5-10(13)12(16-4)11(15-3)9(7)6-8(2)14/h5H,6H2,1-4H3. The summed E-state index contributed by atoms with van der Waals surface area (Å²) < 4.78 is 23.6. The summed E-state index contributed by atoms with van der Waals surface area (Å²) in [5.74, 6) is -0.140. The van der Waals surface area contributed by atoms with Crippen LogP contribution >= 0.6 is 0 Å². The maximum absolute atomic E-state index is 13.5. The Morgan fingerprint density at radius 1 is 1.31 bits per heavy atom. The van der Waals surface area contributed by atoms with Crippen LogP contribution < -0.4 is 9.47 Å². The Balaban J connectivity index is 3.39. The van der Waals surface area contributed by atoms with Crippen LogP contribution in [0.2, 0.25) is 0 Å². The molecule has 0 aliphatic rings. The maximum Gasteiger partial charge on any atom is 0.197 e. The highest BCUT2D eigenvalue weighted by Gasteiger charge is 2.18. The number of ketones is 1. The molecule has 1 aromatic rings. The van der Waals surface area contributed by atoms with Crippen LogP contribution in [0.1, 0.15) is 18.1 Å². The third-order valence-corrected chi connectivity index (χ3v) is 2.35. The van der Waals surface area contributed by atoms with Gasteiger partial charge in [-0.15, -0.1) is 0 Å². The van der Waals surface area contributed by atoms with Crippen molar-refractivity contribution in [3.05, 3.63) is 23.0 Å². The summed E-state index contributed by atoms with van der Waals surface area (Å²) in [6.07, 6.45) is 0.214. The minimum atomic E-state index is -0.482. The van der Waals surface area contributed by atoms with E-state index >= 15 is 0 Å². The summed E-state index contributed by atoms with van der Waals surface area (Å²) >= 11 is 0. The van der Waals surface area contributed by atoms with Crippen molar-refractivity contribution in [2.75, 3.05) is 14.2 Å². The number of halogens is 1. The van der Waals surface area contributed by atoms with Crippen molar-refractivity contribution in [2.24, 2.45) is 0 Å². The zero-order chi connectivity index (χ0) is 12.3. The van der Waals surface area contributed by atoms with E-state index in [0.717, 1.165) is 0 Å². The molecule has 0 fully saturated rings. The molecule has 0 spiro atoms. The topological polar surface area (TPSA) is 35.5 Å². The highest BCUT2D eigenvalue weighted by Crippen LogP contribution is 2.36. The van der Waals surface area contributed by atoms with Gasteiger partial charge >= 0.3 is 0 Å². The fourth-order valence-corrected chi connectivity index (χ4v) is 1.64. The predicted octanol–water partition coefficient (Wildman–Crippen LogP) is 2.28. The SMILES string of the molecule is COc1c(F)cc(C)c(CC(C)=O)c1OC. The van der Waals surface area contributed by atoms with Gasteiger partial charge in [0.1, 0.15) is 5.78 Å². The average Bonchev–Trinajstić information content (AvgIpc) is 2.20. The second kappa shape index (κ2) is 4.96. The molecule has 0 saturated carbocycles. The third-order valence-electron chi connectivity index (χ3n) is 2.35. The normalized spacial score (nSPS) is 10.1. The molecule has 1 rings (SSSR count). The summed E-state index contributed by atoms with van der Waals surface area (Å²) in [6, 6.07) is 1.35. The van der Waals surface area contributed by atoms with Gasteiger partial charge in [-0.25, -0.2) is 4.39 Å². The number of benzene rings is 1. The molecular formula is C12H15FO3. The molecule has 88 valence electrons. The first-order valence-corrected chi connectivity index (χ1v) is 4.90. The molecule has 0 saturated heterocycles. The first-order chi connectivity index (χ1) is 7.51. The number of ether oxygens (including phenoxy) is 2. The highest BCUT2D eigenvalue weighted by molar-refractivity contribution is 5.80. The molecule has 0 N–H and O–H groups in total. The van der Waals surface area contributed by atoms with E-state index in [1.54, 1.807) is 6.92 Å². The van der Waals surface area contributed by atoms with Gasteiger partial charge in [-0.2, -0.15) is 0 Å². The number of methoxy groups -OCH3 is 2. The van der Waals surface area contributed by atoms with Gasteiger partial charge < -0.3 is 9.47 Å². The Hall–Kier alpha value is -1.58. The van der Waals surface area contributed by atoms with Gasteiger partial charge in [0.2, 0.25) is 0 Å². The van der Waals surface area contributed by atoms with Crippen molar-refractivity contribution in [1.82, 2.24) is 0 Å². The molecule has 0 aliphatic heterocycles. The number of aryl methyl sites for hydroxylation is 1. The zero-order valence-corrected chi connectivity index (χ0v) is 9.89. The van der Waals surface area contributed by atoms with E-state index in [1.807, 2.05) is 0 Å². The summed E-state index contributed by atoms with van der Waals surface area (Å²) in [5.41, 5.74) is 1.36. The van der Waals surface area contributed by atoms with Crippen molar-refractivity contribution >= 4 is 5.78 Å². The van der Waals surface area contributed by atoms with Gasteiger partial charge in [-0.05, 0) is 25.5 Å². The highest BCUT2D eigenvalue weighted by atomic mass is 19.1. The first kappa shape index (κ1) is 12.5. The van der Waals surface area contributed by atoms with Crippen LogP contribution in [-0.2, 0) is 11.2 Å². The smallest absolute Gasteiger partial charge is 0.197 e. The van der Waals surface area contributed by atoms with Crippen LogP contribution in [0.4, 0.5) is 4.39 Å². The van der Waals surface area contributed by atoms with E-state index in [2.05, 4.69) is 0 Å². The molecule has 0 atom stereocenters. The van der Waals surface area contributed by atoms with Crippen LogP contribution in [-0.4, -0.2) is 20.0 Å². The molecule has 16 heavy (non-hydrogen) atoms. The molecule has 0 radical (unpaired) electrons. The molecule has 0 heterocycles. The summed E-state index contributed by atoms with van der Waals surface area (Å²) in [6.45, 7) is 3.22. The van der Waals surface area contributed by atoms with Gasteiger partial charge in [0.25, 0.3) is 0 Å². The van der Waals surface area contributed by atoms with Crippen molar-refractivity contribution in [2.45, 2.75) is 20.3 Å². The van der Waals surface area contributed by atoms with E-state index < -0.39 is 5.82 Å². The molecule has 1 aromatic carbocycles. The van der Waals surface area contributed by atoms with E-state index in [-0.39, 0.29) is 18.0 Å². The van der Waals surface area contributed by atoms with E-state index in [4.69, 9.17) is 9.47 Å². The van der Waals surface area contributed by atoms with Gasteiger partial charge in [0.05, 0.1) is 14.2 Å². The van der Waals surface area contributed by atoms with E-state index in [0.29, 0.717) is 16.9 Å². The zero-order valence-electron chi connectivity index (χ0n) is 9.89. The number of rotatable bonds is 4. The molecule has 4 heteroatoms. The lowest BCUT2D eigenvalue weighted by molar-refractivity contribution is -0.116. The molecule has 0 aromatic heterocycles. The van der Waals surface area contributed by atoms with Crippen molar-refractivity contribution in [3.8, 4) is 11.5 Å². The molecule has 0 bridgehead atoms. The first-order valence-electron chi connectivity index (χ1n) is 4.90. The second-order valence-electron chi connectivity index (χ2n) is 3.60. The minimum Gasteiger partial charge on any atom is -0.492 e. The van der Waals surface area contributed by atoms with Crippen LogP contribution in [0.5, 0.6) is 11.5 Å². The Kier molecular flexibility index (Phi) is 3.88. The Bertz CT molecular complexity index is 413. The number of hydrogen-bond donors (Lipinski definition) is 0. The van der Waals surface area contributed by atoms with Crippen LogP contribution in [0.3, 0.4) is 0 Å². The van der Waals surface area contributed by atoms with E-state index in [1.165, 1.54) is 27.2 Å². The van der Waals surface area contributed by atoms with Crippen molar-refractivity contribution in [3.63, 3.8) is 0 Å². The average molecular weight is 226 g/mol. The minimum absolute atomic E-state index is 0.00457. The lowest BCUT2D eigenvalue weighted by atomic mass is 10.0. The van der Waals surface area contributed by atoms with Crippen molar-refractivity contribution in [1.29, 1.82) is 0 Å². The Morgan fingerprint density at radius 2 is 1.88 bits per heavy atom. The van der Waals surface area contributed by atoms with Crippen LogP contribution in [0, 0.1) is 12.7 Å². The summed E-state index contributed by atoms with van der Waals surface area (Å²) in [4.78, 5) is 11.1. The quantitative estimate of drug-likeness (QED) is 0.790. The summed E-state index contributed by atoms with van der Waals surface area (Å²) in [5, 5.41) is 0. The van der Waals surface area contributed by atoms with Crippen molar-refractivity contribution < 1.29 is 18.7 Å². The van der Waals surface area contributed by atoms with E-state index in [9.17, 15) is 9.18 Å². The number of carbonyl (C=O) groups excluding carboxylic acids is 1. The van der Waals surface area contributed by atoms with Gasteiger partial charge in [-0.1, -0.05) is 0 Å². The monoisotopic (exact) mass is 226 g/mol. The Labute approximate surface area is 94.2 Å². The van der Waals surface area contributed by atoms with Crippen LogP contribution in [0.15, 0.2) is 6.07 Å². The van der Waals surface area contributed by atoms with Gasteiger partial charge in [0.15, 0.2) is 17.3 Å². The number of Topliss-reactive ketones (excluding diaryl/α,β-unsaturated/α-hetero) is 1. The van der Waals surface area contributed by atoms with Crippen LogP contribution in [0.25, 0.3) is 0 Å². The fourth-order valence-electron chi connectivity index (χ4n) is 1.64. The van der Waals surface area contributed by atoms with Gasteiger partial charge in [0, 0.05) is 12.0 Å². The predicted molar refractivity (Wildman–Crippen MR) is 58.6 cm³/mol. The number of hydrogen-bond acceptors (Lipinski definition) is 3. The maximum atomic E-state index is 13.5. The molecule has 0 amide bonds. The molecule has 0 aliphatic carbocycles. The largest absolute Gasteiger partial charge is 0.492 e. The molecule has 3 nitrogen and oxygen atoms in total. The molecular weight excluding hydrogens is 211 g/mol. The lowest BCUT2D eigenvalue weighted by Crippen LogP contribution is -2.05.